The lowest BCUT2D eigenvalue weighted by Gasteiger charge is -2.05. The van der Waals surface area contributed by atoms with E-state index in [-0.39, 0.29) is 5.75 Å². The van der Waals surface area contributed by atoms with Gasteiger partial charge in [0.1, 0.15) is 5.69 Å². The molecule has 1 heterocycles. The monoisotopic (exact) mass is 273 g/mol. The zero-order valence-corrected chi connectivity index (χ0v) is 12.2. The number of phenolic OH excluding ortho intramolecular Hbond substituents is 1. The average molecular weight is 273 g/mol. The first-order valence-corrected chi connectivity index (χ1v) is 6.53. The topological polar surface area (TPSA) is 59.6 Å². The number of aliphatic imine (C=N–C) groups is 1. The zero-order valence-electron chi connectivity index (χ0n) is 12.2. The highest BCUT2D eigenvalue weighted by Crippen LogP contribution is 2.27. The van der Waals surface area contributed by atoms with E-state index in [0.717, 1.165) is 22.6 Å². The second kappa shape index (κ2) is 5.77. The molecule has 0 aliphatic heterocycles. The van der Waals surface area contributed by atoms with Crippen molar-refractivity contribution in [3.8, 4) is 11.5 Å². The minimum Gasteiger partial charge on any atom is -0.504 e. The van der Waals surface area contributed by atoms with Crippen LogP contribution in [0.2, 0.25) is 0 Å². The quantitative estimate of drug-likeness (QED) is 0.871. The fourth-order valence-corrected chi connectivity index (χ4v) is 1.97. The summed E-state index contributed by atoms with van der Waals surface area (Å²) < 4.78 is 7.16. The molecule has 2 aromatic rings. The Hall–Kier alpha value is -2.30. The minimum absolute atomic E-state index is 0.137. The van der Waals surface area contributed by atoms with Gasteiger partial charge in [-0.25, -0.2) is 0 Å². The van der Waals surface area contributed by atoms with Crippen molar-refractivity contribution >= 4 is 11.9 Å². The van der Waals surface area contributed by atoms with Crippen molar-refractivity contribution in [2.24, 2.45) is 12.0 Å². The molecule has 20 heavy (non-hydrogen) atoms. The molecule has 0 aliphatic carbocycles. The largest absolute Gasteiger partial charge is 0.504 e. The third kappa shape index (κ3) is 2.82. The maximum Gasteiger partial charge on any atom is 0.161 e. The van der Waals surface area contributed by atoms with E-state index in [2.05, 4.69) is 10.1 Å². The third-order valence-corrected chi connectivity index (χ3v) is 3.10. The third-order valence-electron chi connectivity index (χ3n) is 3.10. The number of rotatable bonds is 4. The van der Waals surface area contributed by atoms with Crippen LogP contribution in [-0.4, -0.2) is 27.7 Å². The molecule has 1 aromatic carbocycles. The molecule has 0 radical (unpaired) electrons. The molecule has 0 amide bonds. The van der Waals surface area contributed by atoms with Crippen molar-refractivity contribution in [1.29, 1.82) is 0 Å². The summed E-state index contributed by atoms with van der Waals surface area (Å²) in [6.45, 7) is 6.30. The van der Waals surface area contributed by atoms with E-state index in [1.165, 1.54) is 0 Å². The fourth-order valence-electron chi connectivity index (χ4n) is 1.97. The molecule has 0 saturated heterocycles. The maximum absolute atomic E-state index is 9.66. The lowest BCUT2D eigenvalue weighted by Crippen LogP contribution is -1.93. The molecule has 0 bridgehead atoms. The number of aromatic nitrogens is 2. The highest BCUT2D eigenvalue weighted by molar-refractivity contribution is 5.83. The van der Waals surface area contributed by atoms with Gasteiger partial charge in [0, 0.05) is 13.3 Å². The Morgan fingerprint density at radius 1 is 1.40 bits per heavy atom. The van der Waals surface area contributed by atoms with Gasteiger partial charge in [0.2, 0.25) is 0 Å². The van der Waals surface area contributed by atoms with Crippen molar-refractivity contribution in [1.82, 2.24) is 9.78 Å². The molecule has 0 atom stereocenters. The summed E-state index contributed by atoms with van der Waals surface area (Å²) in [5, 5.41) is 14.0. The summed E-state index contributed by atoms with van der Waals surface area (Å²) in [4.78, 5) is 4.48. The van der Waals surface area contributed by atoms with Crippen molar-refractivity contribution in [2.75, 3.05) is 6.61 Å². The SMILES string of the molecule is CCOc1cc(C=Nc2c(C)nn(C)c2C)ccc1O. The Kier molecular flexibility index (Phi) is 4.08. The van der Waals surface area contributed by atoms with Crippen LogP contribution in [-0.2, 0) is 7.05 Å². The second-order valence-corrected chi connectivity index (χ2v) is 4.56. The fraction of sp³-hybridized carbons (Fsp3) is 0.333. The van der Waals surface area contributed by atoms with Crippen LogP contribution in [0.5, 0.6) is 11.5 Å². The second-order valence-electron chi connectivity index (χ2n) is 4.56. The summed E-state index contributed by atoms with van der Waals surface area (Å²) in [5.74, 6) is 0.605. The molecular weight excluding hydrogens is 254 g/mol. The standard InChI is InChI=1S/C15H19N3O2/c1-5-20-14-8-12(6-7-13(14)19)9-16-15-10(2)17-18(4)11(15)3/h6-9,19H,5H2,1-4H3. The van der Waals surface area contributed by atoms with Crippen LogP contribution in [0.1, 0.15) is 23.9 Å². The number of benzene rings is 1. The van der Waals surface area contributed by atoms with E-state index in [0.29, 0.717) is 12.4 Å². The number of nitrogens with zero attached hydrogens (tertiary/aromatic N) is 3. The molecule has 1 aromatic heterocycles. The van der Waals surface area contributed by atoms with Gasteiger partial charge in [0.05, 0.1) is 18.0 Å². The Morgan fingerprint density at radius 3 is 2.75 bits per heavy atom. The number of ether oxygens (including phenoxy) is 1. The average Bonchev–Trinajstić information content (AvgIpc) is 2.65. The minimum atomic E-state index is 0.137. The molecule has 1 N–H and O–H groups in total. The van der Waals surface area contributed by atoms with E-state index >= 15 is 0 Å². The van der Waals surface area contributed by atoms with Crippen LogP contribution in [0.25, 0.3) is 0 Å². The maximum atomic E-state index is 9.66. The Morgan fingerprint density at radius 2 is 2.15 bits per heavy atom. The molecule has 0 saturated carbocycles. The highest BCUT2D eigenvalue weighted by atomic mass is 16.5. The highest BCUT2D eigenvalue weighted by Gasteiger charge is 2.07. The van der Waals surface area contributed by atoms with Gasteiger partial charge in [-0.05, 0) is 44.5 Å². The van der Waals surface area contributed by atoms with E-state index in [9.17, 15) is 5.11 Å². The molecule has 0 spiro atoms. The molecular formula is C15H19N3O2. The molecule has 5 heteroatoms. The Bertz CT molecular complexity index is 645. The summed E-state index contributed by atoms with van der Waals surface area (Å²) in [6.07, 6.45) is 1.75. The van der Waals surface area contributed by atoms with Crippen LogP contribution >= 0.6 is 0 Å². The van der Waals surface area contributed by atoms with E-state index in [4.69, 9.17) is 4.74 Å². The van der Waals surface area contributed by atoms with Crippen LogP contribution in [0.3, 0.4) is 0 Å². The summed E-state index contributed by atoms with van der Waals surface area (Å²) >= 11 is 0. The van der Waals surface area contributed by atoms with Gasteiger partial charge in [-0.1, -0.05) is 0 Å². The summed E-state index contributed by atoms with van der Waals surface area (Å²) in [7, 11) is 1.90. The van der Waals surface area contributed by atoms with Gasteiger partial charge in [-0.3, -0.25) is 9.67 Å². The first kappa shape index (κ1) is 14.1. The predicted octanol–water partition coefficient (Wildman–Crippen LogP) is 2.89. The Balaban J connectivity index is 2.29. The predicted molar refractivity (Wildman–Crippen MR) is 79.2 cm³/mol. The molecule has 0 aliphatic rings. The van der Waals surface area contributed by atoms with Crippen molar-refractivity contribution in [2.45, 2.75) is 20.8 Å². The molecule has 5 nitrogen and oxygen atoms in total. The number of hydrogen-bond acceptors (Lipinski definition) is 4. The van der Waals surface area contributed by atoms with E-state index in [1.807, 2.05) is 32.5 Å². The van der Waals surface area contributed by atoms with Crippen LogP contribution in [0, 0.1) is 13.8 Å². The molecule has 106 valence electrons. The lowest BCUT2D eigenvalue weighted by atomic mass is 10.2. The molecule has 0 unspecified atom stereocenters. The first-order chi connectivity index (χ1) is 9.52. The summed E-state index contributed by atoms with van der Waals surface area (Å²) in [5.41, 5.74) is 3.65. The van der Waals surface area contributed by atoms with Crippen molar-refractivity contribution in [3.63, 3.8) is 0 Å². The molecule has 2 rings (SSSR count). The van der Waals surface area contributed by atoms with Crippen LogP contribution in [0.15, 0.2) is 23.2 Å². The first-order valence-electron chi connectivity index (χ1n) is 6.53. The van der Waals surface area contributed by atoms with Gasteiger partial charge in [-0.15, -0.1) is 0 Å². The number of hydrogen-bond donors (Lipinski definition) is 1. The van der Waals surface area contributed by atoms with E-state index < -0.39 is 0 Å². The van der Waals surface area contributed by atoms with Crippen molar-refractivity contribution in [3.05, 3.63) is 35.2 Å². The zero-order chi connectivity index (χ0) is 14.7. The van der Waals surface area contributed by atoms with Crippen molar-refractivity contribution < 1.29 is 9.84 Å². The summed E-state index contributed by atoms with van der Waals surface area (Å²) in [6, 6.07) is 5.17. The number of aromatic hydroxyl groups is 1. The number of aryl methyl sites for hydroxylation is 2. The normalized spacial score (nSPS) is 11.2. The smallest absolute Gasteiger partial charge is 0.161 e. The van der Waals surface area contributed by atoms with Gasteiger partial charge in [0.15, 0.2) is 11.5 Å². The van der Waals surface area contributed by atoms with E-state index in [1.54, 1.807) is 24.4 Å². The number of phenols is 1. The Labute approximate surface area is 118 Å². The van der Waals surface area contributed by atoms with Gasteiger partial charge in [-0.2, -0.15) is 5.10 Å². The lowest BCUT2D eigenvalue weighted by molar-refractivity contribution is 0.318. The molecule has 0 fully saturated rings. The van der Waals surface area contributed by atoms with Gasteiger partial charge in [0.25, 0.3) is 0 Å². The van der Waals surface area contributed by atoms with Crippen LogP contribution < -0.4 is 4.74 Å². The van der Waals surface area contributed by atoms with Crippen LogP contribution in [0.4, 0.5) is 5.69 Å². The van der Waals surface area contributed by atoms with Gasteiger partial charge >= 0.3 is 0 Å². The van der Waals surface area contributed by atoms with Gasteiger partial charge < -0.3 is 9.84 Å².